The van der Waals surface area contributed by atoms with Crippen molar-refractivity contribution in [3.8, 4) is 5.75 Å². The highest BCUT2D eigenvalue weighted by Gasteiger charge is 2.40. The van der Waals surface area contributed by atoms with Crippen LogP contribution in [0.5, 0.6) is 5.75 Å². The summed E-state index contributed by atoms with van der Waals surface area (Å²) in [5.74, 6) is -12.4. The first-order valence-electron chi connectivity index (χ1n) is 17.2. The minimum absolute atomic E-state index is 0.0627. The molecule has 0 bridgehead atoms. The third-order valence-electron chi connectivity index (χ3n) is 10.2. The second-order valence-electron chi connectivity index (χ2n) is 13.4. The number of fused-ring (bicyclic) bond motifs is 1. The Bertz CT molecular complexity index is 2110. The highest BCUT2D eigenvalue weighted by molar-refractivity contribution is 7.89. The molecule has 53 heavy (non-hydrogen) atoms. The zero-order valence-corrected chi connectivity index (χ0v) is 30.2. The van der Waals surface area contributed by atoms with Gasteiger partial charge in [0, 0.05) is 31.4 Å². The van der Waals surface area contributed by atoms with Crippen molar-refractivity contribution in [1.29, 1.82) is 0 Å². The summed E-state index contributed by atoms with van der Waals surface area (Å²) in [4.78, 5) is 28.5. The van der Waals surface area contributed by atoms with Crippen LogP contribution in [0.4, 0.5) is 27.6 Å². The number of carbonyl (C=O) groups excluding carboxylic acids is 2. The summed E-state index contributed by atoms with van der Waals surface area (Å²) >= 11 is 0. The molecule has 0 radical (unpaired) electrons. The molecule has 0 aromatic heterocycles. The van der Waals surface area contributed by atoms with Crippen molar-refractivity contribution >= 4 is 27.5 Å². The van der Waals surface area contributed by atoms with Crippen LogP contribution in [-0.2, 0) is 34.5 Å². The van der Waals surface area contributed by atoms with Crippen molar-refractivity contribution < 1.29 is 44.7 Å². The summed E-state index contributed by atoms with van der Waals surface area (Å²) in [6.45, 7) is 1.61. The lowest BCUT2D eigenvalue weighted by Crippen LogP contribution is -2.48. The molecule has 1 aliphatic heterocycles. The molecular weight excluding hydrogens is 718 g/mol. The third-order valence-corrected chi connectivity index (χ3v) is 12.1. The Kier molecular flexibility index (Phi) is 10.9. The van der Waals surface area contributed by atoms with E-state index in [0.29, 0.717) is 40.6 Å². The Morgan fingerprint density at radius 1 is 0.849 bits per heavy atom. The first kappa shape index (κ1) is 37.9. The maximum absolute atomic E-state index is 14.7. The quantitative estimate of drug-likeness (QED) is 0.0885. The van der Waals surface area contributed by atoms with Gasteiger partial charge in [0.25, 0.3) is 5.91 Å². The number of carbonyl (C=O) groups is 2. The number of amides is 2. The Balaban J connectivity index is 1.32. The van der Waals surface area contributed by atoms with E-state index in [4.69, 9.17) is 4.74 Å². The number of sulfonamides is 1. The summed E-state index contributed by atoms with van der Waals surface area (Å²) in [6.07, 6.45) is 5.64. The van der Waals surface area contributed by atoms with E-state index in [0.717, 1.165) is 45.2 Å². The van der Waals surface area contributed by atoms with Gasteiger partial charge in [0.05, 0.1) is 13.7 Å². The molecule has 1 saturated carbocycles. The number of rotatable bonds is 11. The van der Waals surface area contributed by atoms with E-state index in [9.17, 15) is 40.0 Å². The molecule has 1 fully saturated rings. The van der Waals surface area contributed by atoms with E-state index in [1.54, 1.807) is 42.3 Å². The number of ether oxygens (including phenoxy) is 1. The van der Waals surface area contributed by atoms with Gasteiger partial charge in [-0.2, -0.15) is 4.31 Å². The molecule has 6 rings (SSSR count). The van der Waals surface area contributed by atoms with E-state index in [1.807, 2.05) is 36.4 Å². The third kappa shape index (κ3) is 7.39. The van der Waals surface area contributed by atoms with Crippen LogP contribution in [0.25, 0.3) is 0 Å². The van der Waals surface area contributed by atoms with Crippen LogP contribution in [0.2, 0.25) is 0 Å². The first-order chi connectivity index (χ1) is 25.2. The molecule has 4 aromatic carbocycles. The van der Waals surface area contributed by atoms with Crippen LogP contribution in [0, 0.1) is 29.1 Å². The molecule has 8 nitrogen and oxygen atoms in total. The average Bonchev–Trinajstić information content (AvgIpc) is 3.48. The number of benzene rings is 4. The Morgan fingerprint density at radius 3 is 2.04 bits per heavy atom. The van der Waals surface area contributed by atoms with Crippen molar-refractivity contribution in [3.05, 3.63) is 124 Å². The molecule has 280 valence electrons. The molecule has 14 heteroatoms. The smallest absolute Gasteiger partial charge is 0.254 e. The van der Waals surface area contributed by atoms with Crippen LogP contribution in [0.3, 0.4) is 0 Å². The second-order valence-corrected chi connectivity index (χ2v) is 15.4. The number of halogens is 5. The Morgan fingerprint density at radius 2 is 1.43 bits per heavy atom. The SMILES string of the molecule is COc1ccc(CN2Cc3cc(N(Cc4ccc(C5CCCCC5)cc4)C(=O)[C@@H](C)N(C)S(=O)(=O)c4c(F)c(F)c(F)c(F)c4F)ccc3C2=O)cc1. The molecule has 2 amide bonds. The molecule has 0 saturated heterocycles. The Labute approximate surface area is 304 Å². The van der Waals surface area contributed by atoms with Crippen LogP contribution in [-0.4, -0.2) is 49.6 Å². The van der Waals surface area contributed by atoms with Gasteiger partial charge in [0.1, 0.15) is 11.8 Å². The highest BCUT2D eigenvalue weighted by atomic mass is 32.2. The van der Waals surface area contributed by atoms with Crippen molar-refractivity contribution in [3.63, 3.8) is 0 Å². The number of methoxy groups -OCH3 is 1. The summed E-state index contributed by atoms with van der Waals surface area (Å²) in [5.41, 5.74) is 4.06. The lowest BCUT2D eigenvalue weighted by Gasteiger charge is -2.31. The number of nitrogens with zero attached hydrogens (tertiary/aromatic N) is 3. The van der Waals surface area contributed by atoms with Gasteiger partial charge in [0.2, 0.25) is 21.7 Å². The van der Waals surface area contributed by atoms with Gasteiger partial charge in [-0.3, -0.25) is 9.59 Å². The second kappa shape index (κ2) is 15.3. The monoisotopic (exact) mass is 755 g/mol. The number of anilines is 1. The van der Waals surface area contributed by atoms with Gasteiger partial charge >= 0.3 is 0 Å². The highest BCUT2D eigenvalue weighted by Crippen LogP contribution is 2.35. The zero-order valence-electron chi connectivity index (χ0n) is 29.3. The normalized spacial score (nSPS) is 15.5. The standard InChI is InChI=1S/C39H38F5N3O5S/c1-23(45(2)53(50,51)37-35(43)33(41)32(40)34(42)36(37)44)38(48)47(21-25-9-13-27(14-10-25)26-7-5-4-6-8-26)29-15-18-31-28(19-29)22-46(39(31)49)20-24-11-16-30(52-3)17-12-24/h9-19,23,26H,4-8,20-22H2,1-3H3/t23-/m1/s1. The summed E-state index contributed by atoms with van der Waals surface area (Å²) in [7, 11) is -3.06. The molecule has 1 heterocycles. The van der Waals surface area contributed by atoms with Gasteiger partial charge in [-0.1, -0.05) is 55.7 Å². The largest absolute Gasteiger partial charge is 0.497 e. The minimum atomic E-state index is -5.44. The van der Waals surface area contributed by atoms with Crippen LogP contribution in [0.1, 0.15) is 77.6 Å². The Hall–Kier alpha value is -4.82. The van der Waals surface area contributed by atoms with E-state index in [1.165, 1.54) is 16.9 Å². The maximum Gasteiger partial charge on any atom is 0.254 e. The predicted octanol–water partition coefficient (Wildman–Crippen LogP) is 7.84. The van der Waals surface area contributed by atoms with Crippen molar-refractivity contribution in [1.82, 2.24) is 9.21 Å². The van der Waals surface area contributed by atoms with Crippen molar-refractivity contribution in [2.75, 3.05) is 19.1 Å². The number of hydrogen-bond acceptors (Lipinski definition) is 5. The number of hydrogen-bond donors (Lipinski definition) is 0. The molecule has 0 N–H and O–H groups in total. The molecule has 2 aliphatic rings. The first-order valence-corrected chi connectivity index (χ1v) is 18.6. The van der Waals surface area contributed by atoms with Gasteiger partial charge in [-0.25, -0.2) is 30.4 Å². The van der Waals surface area contributed by atoms with Crippen molar-refractivity contribution in [2.24, 2.45) is 0 Å². The van der Waals surface area contributed by atoms with Gasteiger partial charge in [-0.05, 0) is 78.3 Å². The average molecular weight is 756 g/mol. The fourth-order valence-corrected chi connectivity index (χ4v) is 8.40. The lowest BCUT2D eigenvalue weighted by molar-refractivity contribution is -0.121. The minimum Gasteiger partial charge on any atom is -0.497 e. The fraction of sp³-hybridized carbons (Fsp3) is 0.333. The molecule has 4 aromatic rings. The molecule has 0 unspecified atom stereocenters. The lowest BCUT2D eigenvalue weighted by atomic mass is 9.84. The van der Waals surface area contributed by atoms with Crippen LogP contribution >= 0.6 is 0 Å². The van der Waals surface area contributed by atoms with Gasteiger partial charge < -0.3 is 14.5 Å². The summed E-state index contributed by atoms with van der Waals surface area (Å²) in [6, 6.07) is 18.1. The van der Waals surface area contributed by atoms with Crippen molar-refractivity contribution in [2.45, 2.75) is 75.5 Å². The topological polar surface area (TPSA) is 87.2 Å². The maximum atomic E-state index is 14.7. The van der Waals surface area contributed by atoms with Gasteiger partial charge in [-0.15, -0.1) is 0 Å². The van der Waals surface area contributed by atoms with Crippen LogP contribution in [0.15, 0.2) is 71.6 Å². The van der Waals surface area contributed by atoms with E-state index >= 15 is 0 Å². The summed E-state index contributed by atoms with van der Waals surface area (Å²) < 4.78 is 104. The summed E-state index contributed by atoms with van der Waals surface area (Å²) in [5, 5.41) is 0. The fourth-order valence-electron chi connectivity index (χ4n) is 6.97. The van der Waals surface area contributed by atoms with Gasteiger partial charge in [0.15, 0.2) is 28.2 Å². The van der Waals surface area contributed by atoms with Crippen LogP contribution < -0.4 is 9.64 Å². The molecule has 1 atom stereocenters. The van der Waals surface area contributed by atoms with E-state index in [2.05, 4.69) is 0 Å². The van der Waals surface area contributed by atoms with E-state index < -0.39 is 56.0 Å². The zero-order chi connectivity index (χ0) is 38.2. The number of likely N-dealkylation sites (N-methyl/N-ethyl adjacent to an activating group) is 1. The molecule has 0 spiro atoms. The molecule has 1 aliphatic carbocycles. The van der Waals surface area contributed by atoms with E-state index in [-0.39, 0.29) is 23.3 Å². The molecular formula is C39H38F5N3O5S. The predicted molar refractivity (Wildman–Crippen MR) is 187 cm³/mol.